The number of aryl methyl sites for hydroxylation is 2. The zero-order valence-electron chi connectivity index (χ0n) is 13.3. The second-order valence-electron chi connectivity index (χ2n) is 5.04. The molecular formula is C16H18ClNO4S. The van der Waals surface area contributed by atoms with Crippen LogP contribution in [-0.4, -0.2) is 22.6 Å². The molecule has 2 aromatic carbocycles. The quantitative estimate of drug-likeness (QED) is 0.886. The highest BCUT2D eigenvalue weighted by atomic mass is 35.5. The van der Waals surface area contributed by atoms with Gasteiger partial charge in [0, 0.05) is 11.1 Å². The largest absolute Gasteiger partial charge is 0.496 e. The fourth-order valence-electron chi connectivity index (χ4n) is 2.13. The second-order valence-corrected chi connectivity index (χ2v) is 7.13. The summed E-state index contributed by atoms with van der Waals surface area (Å²) < 4.78 is 38.0. The van der Waals surface area contributed by atoms with Crippen LogP contribution in [0.4, 0.5) is 5.69 Å². The average Bonchev–Trinajstić information content (AvgIpc) is 2.50. The summed E-state index contributed by atoms with van der Waals surface area (Å²) in [6, 6.07) is 7.87. The Bertz CT molecular complexity index is 834. The third kappa shape index (κ3) is 3.71. The molecule has 2 aromatic rings. The van der Waals surface area contributed by atoms with Crippen LogP contribution < -0.4 is 14.2 Å². The first-order valence-electron chi connectivity index (χ1n) is 6.80. The summed E-state index contributed by atoms with van der Waals surface area (Å²) in [5, 5.41) is 0.505. The average molecular weight is 356 g/mol. The van der Waals surface area contributed by atoms with Gasteiger partial charge in [-0.2, -0.15) is 0 Å². The minimum Gasteiger partial charge on any atom is -0.496 e. The molecule has 124 valence electrons. The molecule has 1 N–H and O–H groups in total. The van der Waals surface area contributed by atoms with Gasteiger partial charge in [0.25, 0.3) is 10.0 Å². The normalized spacial score (nSPS) is 11.2. The molecule has 2 rings (SSSR count). The molecule has 0 aliphatic carbocycles. The van der Waals surface area contributed by atoms with Gasteiger partial charge < -0.3 is 9.47 Å². The van der Waals surface area contributed by atoms with E-state index in [-0.39, 0.29) is 4.90 Å². The van der Waals surface area contributed by atoms with Crippen LogP contribution in [0, 0.1) is 13.8 Å². The number of hydrogen-bond acceptors (Lipinski definition) is 4. The first-order chi connectivity index (χ1) is 10.8. The van der Waals surface area contributed by atoms with E-state index in [0.29, 0.717) is 22.2 Å². The van der Waals surface area contributed by atoms with E-state index in [1.807, 2.05) is 0 Å². The van der Waals surface area contributed by atoms with E-state index >= 15 is 0 Å². The summed E-state index contributed by atoms with van der Waals surface area (Å²) in [5.74, 6) is 0.985. The van der Waals surface area contributed by atoms with Gasteiger partial charge in [0.15, 0.2) is 0 Å². The minimum absolute atomic E-state index is 0.144. The lowest BCUT2D eigenvalue weighted by atomic mass is 10.2. The summed E-state index contributed by atoms with van der Waals surface area (Å²) in [7, 11) is -0.759. The predicted molar refractivity (Wildman–Crippen MR) is 91.3 cm³/mol. The number of ether oxygens (including phenoxy) is 2. The molecule has 0 fully saturated rings. The van der Waals surface area contributed by atoms with E-state index < -0.39 is 10.0 Å². The number of halogens is 1. The fraction of sp³-hybridized carbons (Fsp3) is 0.250. The molecule has 0 aromatic heterocycles. The Kier molecular flexibility index (Phi) is 5.06. The van der Waals surface area contributed by atoms with Crippen molar-refractivity contribution in [2.75, 3.05) is 18.9 Å². The van der Waals surface area contributed by atoms with Gasteiger partial charge in [-0.1, -0.05) is 11.6 Å². The van der Waals surface area contributed by atoms with E-state index in [2.05, 4.69) is 4.72 Å². The van der Waals surface area contributed by atoms with Gasteiger partial charge in [-0.25, -0.2) is 8.42 Å². The molecule has 0 amide bonds. The van der Waals surface area contributed by atoms with Gasteiger partial charge in [-0.05, 0) is 49.2 Å². The molecule has 0 saturated heterocycles. The van der Waals surface area contributed by atoms with Crippen LogP contribution in [0.15, 0.2) is 35.2 Å². The van der Waals surface area contributed by atoms with E-state index in [4.69, 9.17) is 21.1 Å². The lowest BCUT2D eigenvalue weighted by molar-refractivity contribution is 0.411. The molecule has 0 unspecified atom stereocenters. The highest BCUT2D eigenvalue weighted by molar-refractivity contribution is 7.92. The molecule has 0 heterocycles. The van der Waals surface area contributed by atoms with Crippen molar-refractivity contribution in [3.63, 3.8) is 0 Å². The Labute approximate surface area is 141 Å². The molecule has 5 nitrogen and oxygen atoms in total. The third-order valence-electron chi connectivity index (χ3n) is 3.40. The number of rotatable bonds is 5. The Morgan fingerprint density at radius 3 is 2.17 bits per heavy atom. The molecule has 7 heteroatoms. The second kappa shape index (κ2) is 6.68. The van der Waals surface area contributed by atoms with Gasteiger partial charge >= 0.3 is 0 Å². The van der Waals surface area contributed by atoms with Crippen LogP contribution in [-0.2, 0) is 10.0 Å². The van der Waals surface area contributed by atoms with Crippen molar-refractivity contribution in [3.05, 3.63) is 46.5 Å². The molecule has 0 aliphatic heterocycles. The van der Waals surface area contributed by atoms with Gasteiger partial charge in [-0.3, -0.25) is 4.72 Å². The zero-order chi connectivity index (χ0) is 17.2. The Hall–Kier alpha value is -1.92. The van der Waals surface area contributed by atoms with Crippen LogP contribution in [0.3, 0.4) is 0 Å². The predicted octanol–water partition coefficient (Wildman–Crippen LogP) is 3.77. The molecule has 0 radical (unpaired) electrons. The number of nitrogens with one attached hydrogen (secondary N) is 1. The van der Waals surface area contributed by atoms with E-state index in [0.717, 1.165) is 11.1 Å². The van der Waals surface area contributed by atoms with E-state index in [1.165, 1.54) is 20.3 Å². The van der Waals surface area contributed by atoms with Crippen molar-refractivity contribution in [1.29, 1.82) is 0 Å². The van der Waals surface area contributed by atoms with Crippen LogP contribution in [0.2, 0.25) is 5.02 Å². The topological polar surface area (TPSA) is 64.6 Å². The number of hydrogen-bond donors (Lipinski definition) is 1. The van der Waals surface area contributed by atoms with Crippen molar-refractivity contribution < 1.29 is 17.9 Å². The Balaban J connectivity index is 2.42. The maximum atomic E-state index is 12.6. The molecule has 0 bridgehead atoms. The van der Waals surface area contributed by atoms with Crippen LogP contribution in [0.5, 0.6) is 11.5 Å². The van der Waals surface area contributed by atoms with Crippen molar-refractivity contribution in [2.45, 2.75) is 18.7 Å². The highest BCUT2D eigenvalue weighted by Gasteiger charge is 2.18. The van der Waals surface area contributed by atoms with E-state index in [9.17, 15) is 8.42 Å². The third-order valence-corrected chi connectivity index (χ3v) is 5.17. The van der Waals surface area contributed by atoms with E-state index in [1.54, 1.807) is 38.1 Å². The molecule has 0 aliphatic rings. The maximum Gasteiger partial charge on any atom is 0.262 e. The first-order valence-corrected chi connectivity index (χ1v) is 8.66. The van der Waals surface area contributed by atoms with Crippen molar-refractivity contribution >= 4 is 27.3 Å². The summed E-state index contributed by atoms with van der Waals surface area (Å²) in [5.41, 5.74) is 1.81. The van der Waals surface area contributed by atoms with Crippen molar-refractivity contribution in [1.82, 2.24) is 0 Å². The maximum absolute atomic E-state index is 12.6. The Morgan fingerprint density at radius 2 is 1.61 bits per heavy atom. The molecule has 0 atom stereocenters. The van der Waals surface area contributed by atoms with Crippen molar-refractivity contribution in [2.24, 2.45) is 0 Å². The van der Waals surface area contributed by atoms with Crippen LogP contribution in [0.25, 0.3) is 0 Å². The number of methoxy groups -OCH3 is 2. The van der Waals surface area contributed by atoms with Gasteiger partial charge in [0.1, 0.15) is 11.5 Å². The van der Waals surface area contributed by atoms with Gasteiger partial charge in [-0.15, -0.1) is 0 Å². The lowest BCUT2D eigenvalue weighted by Gasteiger charge is -2.14. The number of anilines is 1. The van der Waals surface area contributed by atoms with Crippen LogP contribution >= 0.6 is 11.6 Å². The summed E-state index contributed by atoms with van der Waals surface area (Å²) in [4.78, 5) is 0.144. The minimum atomic E-state index is -3.75. The summed E-state index contributed by atoms with van der Waals surface area (Å²) >= 11 is 6.04. The highest BCUT2D eigenvalue weighted by Crippen LogP contribution is 2.33. The summed E-state index contributed by atoms with van der Waals surface area (Å²) in [6.07, 6.45) is 0. The number of benzene rings is 2. The zero-order valence-corrected chi connectivity index (χ0v) is 14.9. The fourth-order valence-corrected chi connectivity index (χ4v) is 3.43. The van der Waals surface area contributed by atoms with Gasteiger partial charge in [0.2, 0.25) is 0 Å². The van der Waals surface area contributed by atoms with Crippen LogP contribution in [0.1, 0.15) is 11.1 Å². The molecule has 23 heavy (non-hydrogen) atoms. The molecular weight excluding hydrogens is 338 g/mol. The SMILES string of the molecule is COc1ccc(S(=O)(=O)Nc2cc(C)c(Cl)cc2OC)cc1C. The smallest absolute Gasteiger partial charge is 0.262 e. The standard InChI is InChI=1S/C16H18ClNO4S/c1-10-8-14(16(22-4)9-13(10)17)18-23(19,20)12-5-6-15(21-3)11(2)7-12/h5-9,18H,1-4H3. The summed E-state index contributed by atoms with van der Waals surface area (Å²) in [6.45, 7) is 3.57. The van der Waals surface area contributed by atoms with Gasteiger partial charge in [0.05, 0.1) is 24.8 Å². The monoisotopic (exact) mass is 355 g/mol. The Morgan fingerprint density at radius 1 is 0.957 bits per heavy atom. The first kappa shape index (κ1) is 17.4. The number of sulfonamides is 1. The van der Waals surface area contributed by atoms with Crippen molar-refractivity contribution in [3.8, 4) is 11.5 Å². The molecule has 0 spiro atoms. The lowest BCUT2D eigenvalue weighted by Crippen LogP contribution is -2.14. The molecule has 0 saturated carbocycles.